The summed E-state index contributed by atoms with van der Waals surface area (Å²) in [6, 6.07) is 6.76. The van der Waals surface area contributed by atoms with Gasteiger partial charge in [-0.1, -0.05) is 0 Å². The van der Waals surface area contributed by atoms with Crippen molar-refractivity contribution in [2.45, 2.75) is 6.92 Å². The lowest BCUT2D eigenvalue weighted by Gasteiger charge is -2.05. The van der Waals surface area contributed by atoms with E-state index in [0.29, 0.717) is 11.4 Å². The van der Waals surface area contributed by atoms with Crippen molar-refractivity contribution >= 4 is 23.2 Å². The standard InChI is InChI=1S/C12H11N3O3/c1-8(16)14-9-2-4-10(5-3-9)15-12(17)11-6-18-7-13-11/h2-7H,1H3,(H,14,16)(H,15,17). The monoisotopic (exact) mass is 245 g/mol. The van der Waals surface area contributed by atoms with Crippen LogP contribution in [0.25, 0.3) is 0 Å². The highest BCUT2D eigenvalue weighted by Crippen LogP contribution is 2.14. The van der Waals surface area contributed by atoms with E-state index in [4.69, 9.17) is 4.42 Å². The molecular formula is C12H11N3O3. The molecule has 2 amide bonds. The molecule has 18 heavy (non-hydrogen) atoms. The maximum Gasteiger partial charge on any atom is 0.277 e. The van der Waals surface area contributed by atoms with Gasteiger partial charge in [0.2, 0.25) is 5.91 Å². The molecule has 2 aromatic rings. The second kappa shape index (κ2) is 5.13. The van der Waals surface area contributed by atoms with Gasteiger partial charge in [0.05, 0.1) is 0 Å². The van der Waals surface area contributed by atoms with Gasteiger partial charge in [-0.15, -0.1) is 0 Å². The Morgan fingerprint density at radius 3 is 2.22 bits per heavy atom. The molecule has 92 valence electrons. The molecule has 0 aliphatic carbocycles. The highest BCUT2D eigenvalue weighted by Gasteiger charge is 2.08. The Kier molecular flexibility index (Phi) is 3.38. The second-order valence-corrected chi connectivity index (χ2v) is 3.59. The topological polar surface area (TPSA) is 84.2 Å². The van der Waals surface area contributed by atoms with Gasteiger partial charge < -0.3 is 15.1 Å². The van der Waals surface area contributed by atoms with Crippen LogP contribution in [0.15, 0.2) is 41.3 Å². The molecule has 6 heteroatoms. The summed E-state index contributed by atoms with van der Waals surface area (Å²) in [7, 11) is 0. The highest BCUT2D eigenvalue weighted by atomic mass is 16.3. The predicted octanol–water partition coefficient (Wildman–Crippen LogP) is 1.89. The number of amides is 2. The summed E-state index contributed by atoms with van der Waals surface area (Å²) >= 11 is 0. The van der Waals surface area contributed by atoms with E-state index >= 15 is 0 Å². The van der Waals surface area contributed by atoms with Crippen molar-refractivity contribution in [2.75, 3.05) is 10.6 Å². The van der Waals surface area contributed by atoms with Gasteiger partial charge in [-0.3, -0.25) is 9.59 Å². The number of anilines is 2. The largest absolute Gasteiger partial charge is 0.451 e. The first-order chi connectivity index (χ1) is 8.65. The summed E-state index contributed by atoms with van der Waals surface area (Å²) in [5.74, 6) is -0.495. The third-order valence-electron chi connectivity index (χ3n) is 2.13. The Labute approximate surface area is 103 Å². The smallest absolute Gasteiger partial charge is 0.277 e. The SMILES string of the molecule is CC(=O)Nc1ccc(NC(=O)c2cocn2)cc1. The molecule has 2 rings (SSSR count). The van der Waals surface area contributed by atoms with Crippen LogP contribution in [-0.4, -0.2) is 16.8 Å². The Morgan fingerprint density at radius 1 is 1.11 bits per heavy atom. The van der Waals surface area contributed by atoms with Crippen LogP contribution in [0.5, 0.6) is 0 Å². The van der Waals surface area contributed by atoms with Crippen molar-refractivity contribution in [3.63, 3.8) is 0 Å². The Bertz CT molecular complexity index is 546. The molecule has 0 spiro atoms. The van der Waals surface area contributed by atoms with Crippen LogP contribution in [0.1, 0.15) is 17.4 Å². The van der Waals surface area contributed by atoms with Crippen LogP contribution >= 0.6 is 0 Å². The third-order valence-corrected chi connectivity index (χ3v) is 2.13. The average molecular weight is 245 g/mol. The number of benzene rings is 1. The summed E-state index contributed by atoms with van der Waals surface area (Å²) in [5, 5.41) is 5.28. The molecule has 1 heterocycles. The van der Waals surface area contributed by atoms with Gasteiger partial charge in [-0.25, -0.2) is 4.98 Å². The van der Waals surface area contributed by atoms with Gasteiger partial charge in [0.1, 0.15) is 6.26 Å². The summed E-state index contributed by atoms with van der Waals surface area (Å²) in [4.78, 5) is 26.2. The van der Waals surface area contributed by atoms with E-state index in [9.17, 15) is 9.59 Å². The van der Waals surface area contributed by atoms with Crippen molar-refractivity contribution in [1.29, 1.82) is 0 Å². The fourth-order valence-corrected chi connectivity index (χ4v) is 1.36. The number of oxazole rings is 1. The summed E-state index contributed by atoms with van der Waals surface area (Å²) in [6.45, 7) is 1.43. The lowest BCUT2D eigenvalue weighted by atomic mass is 10.2. The van der Waals surface area contributed by atoms with Crippen LogP contribution in [0.2, 0.25) is 0 Å². The molecule has 1 aromatic carbocycles. The molecule has 0 aliphatic heterocycles. The molecule has 0 unspecified atom stereocenters. The van der Waals surface area contributed by atoms with Gasteiger partial charge >= 0.3 is 0 Å². The van der Waals surface area contributed by atoms with E-state index in [1.165, 1.54) is 19.6 Å². The van der Waals surface area contributed by atoms with E-state index in [2.05, 4.69) is 15.6 Å². The molecule has 0 aliphatic rings. The number of carbonyl (C=O) groups excluding carboxylic acids is 2. The van der Waals surface area contributed by atoms with Gasteiger partial charge in [-0.05, 0) is 24.3 Å². The van der Waals surface area contributed by atoms with E-state index in [-0.39, 0.29) is 17.5 Å². The van der Waals surface area contributed by atoms with Crippen LogP contribution in [0, 0.1) is 0 Å². The molecule has 6 nitrogen and oxygen atoms in total. The zero-order valence-electron chi connectivity index (χ0n) is 9.64. The fourth-order valence-electron chi connectivity index (χ4n) is 1.36. The molecule has 0 fully saturated rings. The third kappa shape index (κ3) is 2.94. The average Bonchev–Trinajstić information content (AvgIpc) is 2.84. The van der Waals surface area contributed by atoms with E-state index in [1.807, 2.05) is 0 Å². The van der Waals surface area contributed by atoms with E-state index in [0.717, 1.165) is 0 Å². The van der Waals surface area contributed by atoms with E-state index < -0.39 is 0 Å². The number of nitrogens with zero attached hydrogens (tertiary/aromatic N) is 1. The lowest BCUT2D eigenvalue weighted by Crippen LogP contribution is -2.12. The Morgan fingerprint density at radius 2 is 1.72 bits per heavy atom. The van der Waals surface area contributed by atoms with Gasteiger partial charge in [-0.2, -0.15) is 0 Å². The summed E-state index contributed by atoms with van der Waals surface area (Å²) in [5.41, 5.74) is 1.49. The minimum absolute atomic E-state index is 0.144. The first kappa shape index (κ1) is 11.8. The van der Waals surface area contributed by atoms with E-state index in [1.54, 1.807) is 24.3 Å². The number of aromatic nitrogens is 1. The van der Waals surface area contributed by atoms with Crippen molar-refractivity contribution < 1.29 is 14.0 Å². The van der Waals surface area contributed by atoms with Crippen molar-refractivity contribution in [1.82, 2.24) is 4.98 Å². The molecule has 1 aromatic heterocycles. The normalized spacial score (nSPS) is 9.83. The molecule has 0 radical (unpaired) electrons. The van der Waals surface area contributed by atoms with Crippen LogP contribution < -0.4 is 10.6 Å². The zero-order valence-corrected chi connectivity index (χ0v) is 9.64. The van der Waals surface area contributed by atoms with Crippen molar-refractivity contribution in [3.8, 4) is 0 Å². The zero-order chi connectivity index (χ0) is 13.0. The fraction of sp³-hybridized carbons (Fsp3) is 0.0833. The van der Waals surface area contributed by atoms with Crippen molar-refractivity contribution in [3.05, 3.63) is 42.6 Å². The van der Waals surface area contributed by atoms with Crippen LogP contribution in [-0.2, 0) is 4.79 Å². The molecule has 2 N–H and O–H groups in total. The number of hydrogen-bond acceptors (Lipinski definition) is 4. The molecular weight excluding hydrogens is 234 g/mol. The Hall–Kier alpha value is -2.63. The quantitative estimate of drug-likeness (QED) is 0.864. The second-order valence-electron chi connectivity index (χ2n) is 3.59. The van der Waals surface area contributed by atoms with Crippen LogP contribution in [0.3, 0.4) is 0 Å². The van der Waals surface area contributed by atoms with Crippen molar-refractivity contribution in [2.24, 2.45) is 0 Å². The molecule has 0 atom stereocenters. The number of hydrogen-bond donors (Lipinski definition) is 2. The number of carbonyl (C=O) groups is 2. The Balaban J connectivity index is 2.02. The number of nitrogens with one attached hydrogen (secondary N) is 2. The maximum absolute atomic E-state index is 11.6. The summed E-state index contributed by atoms with van der Waals surface area (Å²) in [6.07, 6.45) is 2.45. The van der Waals surface area contributed by atoms with Gasteiger partial charge in [0, 0.05) is 18.3 Å². The summed E-state index contributed by atoms with van der Waals surface area (Å²) < 4.78 is 4.72. The minimum atomic E-state index is -0.351. The first-order valence-corrected chi connectivity index (χ1v) is 5.22. The van der Waals surface area contributed by atoms with Gasteiger partial charge in [0.25, 0.3) is 5.91 Å². The molecule has 0 bridgehead atoms. The maximum atomic E-state index is 11.6. The minimum Gasteiger partial charge on any atom is -0.451 e. The molecule has 0 saturated carbocycles. The van der Waals surface area contributed by atoms with Crippen LogP contribution in [0.4, 0.5) is 11.4 Å². The number of rotatable bonds is 3. The van der Waals surface area contributed by atoms with Gasteiger partial charge in [0.15, 0.2) is 12.1 Å². The molecule has 0 saturated heterocycles. The first-order valence-electron chi connectivity index (χ1n) is 5.22. The lowest BCUT2D eigenvalue weighted by molar-refractivity contribution is -0.114. The predicted molar refractivity (Wildman–Crippen MR) is 65.2 cm³/mol. The highest BCUT2D eigenvalue weighted by molar-refractivity contribution is 6.02.